The molecular weight excluding hydrogens is 244 g/mol. The van der Waals surface area contributed by atoms with Crippen molar-refractivity contribution >= 4 is 5.78 Å². The van der Waals surface area contributed by atoms with Crippen LogP contribution in [0.25, 0.3) is 0 Å². The summed E-state index contributed by atoms with van der Waals surface area (Å²) in [7, 11) is 0. The van der Waals surface area contributed by atoms with Crippen molar-refractivity contribution < 1.29 is 4.79 Å². The first-order chi connectivity index (χ1) is 9.74. The van der Waals surface area contributed by atoms with Gasteiger partial charge in [0.2, 0.25) is 0 Å². The van der Waals surface area contributed by atoms with Crippen molar-refractivity contribution in [3.8, 4) is 0 Å². The third-order valence-electron chi connectivity index (χ3n) is 5.91. The van der Waals surface area contributed by atoms with Crippen molar-refractivity contribution in [1.29, 1.82) is 0 Å². The molecule has 20 heavy (non-hydrogen) atoms. The first-order valence-corrected chi connectivity index (χ1v) is 8.88. The quantitative estimate of drug-likeness (QED) is 0.582. The van der Waals surface area contributed by atoms with Crippen LogP contribution >= 0.6 is 0 Å². The van der Waals surface area contributed by atoms with E-state index < -0.39 is 0 Å². The van der Waals surface area contributed by atoms with E-state index in [4.69, 9.17) is 0 Å². The molecule has 0 aromatic carbocycles. The third-order valence-corrected chi connectivity index (χ3v) is 5.91. The Kier molecular flexibility index (Phi) is 6.32. The number of Topliss-reactive ketones (excluding diaryl/α,β-unsaturated/α-hetero) is 1. The fourth-order valence-electron chi connectivity index (χ4n) is 4.50. The Labute approximate surface area is 125 Å². The molecule has 1 nitrogen and oxygen atoms in total. The highest BCUT2D eigenvalue weighted by molar-refractivity contribution is 5.80. The van der Waals surface area contributed by atoms with E-state index in [-0.39, 0.29) is 0 Å². The molecule has 0 unspecified atom stereocenters. The van der Waals surface area contributed by atoms with Gasteiger partial charge in [0.05, 0.1) is 0 Å². The van der Waals surface area contributed by atoms with Crippen LogP contribution in [-0.2, 0) is 4.79 Å². The van der Waals surface area contributed by atoms with Gasteiger partial charge in [-0.1, -0.05) is 25.8 Å². The number of hydrogen-bond acceptors (Lipinski definition) is 1. The molecule has 0 aromatic heterocycles. The molecule has 2 fully saturated rings. The molecule has 114 valence electrons. The van der Waals surface area contributed by atoms with Crippen molar-refractivity contribution in [2.24, 2.45) is 23.7 Å². The van der Waals surface area contributed by atoms with Crippen LogP contribution < -0.4 is 0 Å². The largest absolute Gasteiger partial charge is 0.299 e. The van der Waals surface area contributed by atoms with Crippen LogP contribution in [0, 0.1) is 23.7 Å². The highest BCUT2D eigenvalue weighted by Gasteiger charge is 2.32. The Morgan fingerprint density at radius 2 is 1.55 bits per heavy atom. The molecule has 0 bridgehead atoms. The van der Waals surface area contributed by atoms with Gasteiger partial charge < -0.3 is 0 Å². The maximum absolute atomic E-state index is 11.8. The predicted octanol–water partition coefficient (Wildman–Crippen LogP) is 5.54. The Balaban J connectivity index is 1.70. The zero-order chi connectivity index (χ0) is 14.4. The number of hydrogen-bond donors (Lipinski definition) is 0. The van der Waals surface area contributed by atoms with E-state index in [0.717, 1.165) is 24.2 Å². The monoisotopic (exact) mass is 276 g/mol. The van der Waals surface area contributed by atoms with E-state index >= 15 is 0 Å². The van der Waals surface area contributed by atoms with Gasteiger partial charge in [-0.3, -0.25) is 4.79 Å². The van der Waals surface area contributed by atoms with Crippen LogP contribution in [0.4, 0.5) is 0 Å². The molecule has 2 aliphatic carbocycles. The van der Waals surface area contributed by atoms with Crippen molar-refractivity contribution in [1.82, 2.24) is 0 Å². The zero-order valence-corrected chi connectivity index (χ0v) is 13.3. The molecule has 2 saturated carbocycles. The van der Waals surface area contributed by atoms with Crippen LogP contribution in [-0.4, -0.2) is 5.78 Å². The summed E-state index contributed by atoms with van der Waals surface area (Å²) in [5, 5.41) is 0. The van der Waals surface area contributed by atoms with E-state index in [1.165, 1.54) is 64.2 Å². The van der Waals surface area contributed by atoms with Crippen LogP contribution in [0.15, 0.2) is 12.7 Å². The smallest absolute Gasteiger partial charge is 0.135 e. The van der Waals surface area contributed by atoms with Gasteiger partial charge in [0.25, 0.3) is 0 Å². The first-order valence-electron chi connectivity index (χ1n) is 8.88. The van der Waals surface area contributed by atoms with E-state index in [9.17, 15) is 4.79 Å². The second-order valence-electron chi connectivity index (χ2n) is 7.08. The maximum Gasteiger partial charge on any atom is 0.135 e. The van der Waals surface area contributed by atoms with Gasteiger partial charge in [-0.25, -0.2) is 0 Å². The minimum Gasteiger partial charge on any atom is -0.299 e. The SMILES string of the molecule is C=CCCC1CCC(C2CCC(C(=O)CC)CC2)CC1. The Morgan fingerprint density at radius 3 is 2.05 bits per heavy atom. The normalized spacial score (nSPS) is 34.6. The molecule has 0 aliphatic heterocycles. The maximum atomic E-state index is 11.8. The first kappa shape index (κ1) is 15.8. The number of carbonyl (C=O) groups excluding carboxylic acids is 1. The van der Waals surface area contributed by atoms with Crippen molar-refractivity contribution in [2.45, 2.75) is 77.6 Å². The molecule has 0 amide bonds. The predicted molar refractivity (Wildman–Crippen MR) is 85.6 cm³/mol. The Morgan fingerprint density at radius 1 is 1.00 bits per heavy atom. The summed E-state index contributed by atoms with van der Waals surface area (Å²) in [5.74, 6) is 3.77. The van der Waals surface area contributed by atoms with Gasteiger partial charge >= 0.3 is 0 Å². The average Bonchev–Trinajstić information content (AvgIpc) is 2.53. The van der Waals surface area contributed by atoms with Crippen molar-refractivity contribution in [2.75, 3.05) is 0 Å². The highest BCUT2D eigenvalue weighted by atomic mass is 16.1. The summed E-state index contributed by atoms with van der Waals surface area (Å²) in [6.45, 7) is 5.85. The number of allylic oxidation sites excluding steroid dienone is 1. The van der Waals surface area contributed by atoms with Gasteiger partial charge in [-0.05, 0) is 69.1 Å². The number of carbonyl (C=O) groups is 1. The highest BCUT2D eigenvalue weighted by Crippen LogP contribution is 2.42. The molecule has 2 rings (SSSR count). The summed E-state index contributed by atoms with van der Waals surface area (Å²) in [6, 6.07) is 0. The summed E-state index contributed by atoms with van der Waals surface area (Å²) in [6.07, 6.45) is 16.1. The van der Waals surface area contributed by atoms with Gasteiger partial charge in [0, 0.05) is 12.3 Å². The van der Waals surface area contributed by atoms with Gasteiger partial charge in [0.15, 0.2) is 0 Å². The summed E-state index contributed by atoms with van der Waals surface area (Å²) in [5.41, 5.74) is 0. The minimum atomic E-state index is 0.403. The molecule has 0 radical (unpaired) electrons. The molecule has 1 heteroatoms. The van der Waals surface area contributed by atoms with Crippen molar-refractivity contribution in [3.63, 3.8) is 0 Å². The topological polar surface area (TPSA) is 17.1 Å². The lowest BCUT2D eigenvalue weighted by Gasteiger charge is -2.37. The fraction of sp³-hybridized carbons (Fsp3) is 0.842. The lowest BCUT2D eigenvalue weighted by atomic mass is 9.68. The number of ketones is 1. The summed E-state index contributed by atoms with van der Waals surface area (Å²) >= 11 is 0. The minimum absolute atomic E-state index is 0.403. The number of rotatable bonds is 6. The van der Waals surface area contributed by atoms with E-state index in [1.807, 2.05) is 6.92 Å². The molecular formula is C19H32O. The Bertz CT molecular complexity index is 304. The molecule has 0 aromatic rings. The van der Waals surface area contributed by atoms with Gasteiger partial charge in [-0.2, -0.15) is 0 Å². The van der Waals surface area contributed by atoms with Crippen LogP contribution in [0.2, 0.25) is 0 Å². The van der Waals surface area contributed by atoms with Crippen LogP contribution in [0.1, 0.15) is 77.6 Å². The fourth-order valence-corrected chi connectivity index (χ4v) is 4.50. The lowest BCUT2D eigenvalue weighted by Crippen LogP contribution is -2.28. The molecule has 0 N–H and O–H groups in total. The van der Waals surface area contributed by atoms with E-state index in [0.29, 0.717) is 11.7 Å². The molecule has 2 aliphatic rings. The summed E-state index contributed by atoms with van der Waals surface area (Å²) < 4.78 is 0. The van der Waals surface area contributed by atoms with Gasteiger partial charge in [0.1, 0.15) is 5.78 Å². The Hall–Kier alpha value is -0.590. The zero-order valence-electron chi connectivity index (χ0n) is 13.3. The molecule has 0 heterocycles. The molecule has 0 spiro atoms. The average molecular weight is 276 g/mol. The third kappa shape index (κ3) is 4.20. The summed E-state index contributed by atoms with van der Waals surface area (Å²) in [4.78, 5) is 11.8. The van der Waals surface area contributed by atoms with Crippen molar-refractivity contribution in [3.05, 3.63) is 12.7 Å². The second kappa shape index (κ2) is 8.00. The van der Waals surface area contributed by atoms with Crippen LogP contribution in [0.3, 0.4) is 0 Å². The van der Waals surface area contributed by atoms with Gasteiger partial charge in [-0.15, -0.1) is 6.58 Å². The molecule has 0 saturated heterocycles. The standard InChI is InChI=1S/C19H32O/c1-3-5-6-15-7-9-16(10-8-15)17-11-13-18(14-12-17)19(20)4-2/h3,15-18H,1,4-14H2,2H3. The van der Waals surface area contributed by atoms with E-state index in [1.54, 1.807) is 0 Å². The van der Waals surface area contributed by atoms with Crippen LogP contribution in [0.5, 0.6) is 0 Å². The second-order valence-corrected chi connectivity index (χ2v) is 7.08. The van der Waals surface area contributed by atoms with E-state index in [2.05, 4.69) is 12.7 Å². The molecule has 0 atom stereocenters. The lowest BCUT2D eigenvalue weighted by molar-refractivity contribution is -0.123.